The highest BCUT2D eigenvalue weighted by atomic mass is 15.2. The van der Waals surface area contributed by atoms with E-state index in [0.717, 1.165) is 23.0 Å². The number of aromatic amines is 1. The topological polar surface area (TPSA) is 70.9 Å². The van der Waals surface area contributed by atoms with E-state index in [4.69, 9.17) is 0 Å². The van der Waals surface area contributed by atoms with E-state index in [1.807, 2.05) is 23.6 Å². The van der Waals surface area contributed by atoms with Crippen LogP contribution in [0.4, 0.5) is 11.6 Å². The van der Waals surface area contributed by atoms with Crippen molar-refractivity contribution in [2.45, 2.75) is 6.92 Å². The zero-order valence-electron chi connectivity index (χ0n) is 8.68. The number of H-pyrrole nitrogens is 1. The van der Waals surface area contributed by atoms with E-state index in [0.29, 0.717) is 0 Å². The van der Waals surface area contributed by atoms with Gasteiger partial charge < -0.3 is 5.32 Å². The molecular formula is C10H10N6. The number of hydrogen-bond donors (Lipinski definition) is 2. The Kier molecular flexibility index (Phi) is 1.86. The van der Waals surface area contributed by atoms with Gasteiger partial charge in [-0.15, -0.1) is 0 Å². The van der Waals surface area contributed by atoms with Crippen LogP contribution in [0.15, 0.2) is 30.9 Å². The summed E-state index contributed by atoms with van der Waals surface area (Å²) in [6.45, 7) is 1.95. The monoisotopic (exact) mass is 214 g/mol. The third-order valence-corrected chi connectivity index (χ3v) is 2.28. The molecule has 0 saturated heterocycles. The molecule has 0 unspecified atom stereocenters. The summed E-state index contributed by atoms with van der Waals surface area (Å²) >= 11 is 0. The highest BCUT2D eigenvalue weighted by molar-refractivity contribution is 5.55. The minimum atomic E-state index is 0.764. The largest absolute Gasteiger partial charge is 0.323 e. The average molecular weight is 214 g/mol. The second-order valence-corrected chi connectivity index (χ2v) is 3.51. The summed E-state index contributed by atoms with van der Waals surface area (Å²) in [5.74, 6) is 1.60. The number of rotatable bonds is 2. The number of fused-ring (bicyclic) bond motifs is 1. The first-order valence-corrected chi connectivity index (χ1v) is 4.89. The van der Waals surface area contributed by atoms with Gasteiger partial charge in [0, 0.05) is 24.2 Å². The number of imidazole rings is 1. The number of aryl methyl sites for hydroxylation is 1. The zero-order chi connectivity index (χ0) is 11.0. The molecule has 0 fully saturated rings. The van der Waals surface area contributed by atoms with Crippen LogP contribution in [-0.2, 0) is 0 Å². The van der Waals surface area contributed by atoms with Crippen molar-refractivity contribution >= 4 is 17.3 Å². The van der Waals surface area contributed by atoms with E-state index in [2.05, 4.69) is 25.5 Å². The average Bonchev–Trinajstić information content (AvgIpc) is 2.87. The summed E-state index contributed by atoms with van der Waals surface area (Å²) in [7, 11) is 0. The van der Waals surface area contributed by atoms with Gasteiger partial charge in [-0.3, -0.25) is 14.5 Å². The summed E-state index contributed by atoms with van der Waals surface area (Å²) in [5, 5.41) is 10.1. The van der Waals surface area contributed by atoms with Crippen molar-refractivity contribution < 1.29 is 0 Å². The molecule has 6 heteroatoms. The lowest BCUT2D eigenvalue weighted by Gasteiger charge is -2.04. The van der Waals surface area contributed by atoms with E-state index in [9.17, 15) is 0 Å². The van der Waals surface area contributed by atoms with Crippen LogP contribution < -0.4 is 5.32 Å². The van der Waals surface area contributed by atoms with Crippen molar-refractivity contribution in [1.29, 1.82) is 0 Å². The first kappa shape index (κ1) is 8.90. The van der Waals surface area contributed by atoms with E-state index in [1.54, 1.807) is 18.6 Å². The summed E-state index contributed by atoms with van der Waals surface area (Å²) in [6, 6.07) is 1.93. The molecule has 0 aliphatic carbocycles. The van der Waals surface area contributed by atoms with Crippen molar-refractivity contribution in [3.8, 4) is 0 Å². The third-order valence-electron chi connectivity index (χ3n) is 2.28. The summed E-state index contributed by atoms with van der Waals surface area (Å²) < 4.78 is 1.91. The number of nitrogens with zero attached hydrogens (tertiary/aromatic N) is 4. The molecule has 80 valence electrons. The molecule has 2 N–H and O–H groups in total. The van der Waals surface area contributed by atoms with E-state index in [1.165, 1.54) is 0 Å². The maximum absolute atomic E-state index is 4.16. The molecule has 0 saturated carbocycles. The third kappa shape index (κ3) is 1.40. The second-order valence-electron chi connectivity index (χ2n) is 3.51. The quantitative estimate of drug-likeness (QED) is 0.678. The van der Waals surface area contributed by atoms with Crippen LogP contribution in [0.25, 0.3) is 5.65 Å². The fraction of sp³-hybridized carbons (Fsp3) is 0.100. The molecule has 0 aliphatic heterocycles. The highest BCUT2D eigenvalue weighted by Gasteiger charge is 2.03. The van der Waals surface area contributed by atoms with Crippen molar-refractivity contribution in [2.75, 3.05) is 5.32 Å². The van der Waals surface area contributed by atoms with Crippen LogP contribution in [0.1, 0.15) is 5.69 Å². The smallest absolute Gasteiger partial charge is 0.156 e. The Morgan fingerprint density at radius 2 is 2.31 bits per heavy atom. The molecular weight excluding hydrogens is 204 g/mol. The lowest BCUT2D eigenvalue weighted by Crippen LogP contribution is -1.98. The number of aromatic nitrogens is 5. The summed E-state index contributed by atoms with van der Waals surface area (Å²) in [5.41, 5.74) is 1.81. The van der Waals surface area contributed by atoms with Gasteiger partial charge in [0.15, 0.2) is 11.5 Å². The zero-order valence-corrected chi connectivity index (χ0v) is 8.68. The van der Waals surface area contributed by atoms with Crippen LogP contribution in [0.2, 0.25) is 0 Å². The van der Waals surface area contributed by atoms with Gasteiger partial charge in [-0.2, -0.15) is 5.10 Å². The van der Waals surface area contributed by atoms with Gasteiger partial charge in [-0.25, -0.2) is 4.98 Å². The predicted molar refractivity (Wildman–Crippen MR) is 59.6 cm³/mol. The minimum absolute atomic E-state index is 0.764. The van der Waals surface area contributed by atoms with Crippen LogP contribution in [0.5, 0.6) is 0 Å². The summed E-state index contributed by atoms with van der Waals surface area (Å²) in [6.07, 6.45) is 7.05. The molecule has 0 spiro atoms. The Morgan fingerprint density at radius 1 is 1.38 bits per heavy atom. The lowest BCUT2D eigenvalue weighted by molar-refractivity contribution is 1.04. The molecule has 0 bridgehead atoms. The van der Waals surface area contributed by atoms with Crippen molar-refractivity contribution in [2.24, 2.45) is 0 Å². The van der Waals surface area contributed by atoms with Gasteiger partial charge in [0.05, 0.1) is 12.4 Å². The van der Waals surface area contributed by atoms with Gasteiger partial charge in [-0.1, -0.05) is 0 Å². The van der Waals surface area contributed by atoms with E-state index >= 15 is 0 Å². The maximum atomic E-state index is 4.16. The van der Waals surface area contributed by atoms with Crippen molar-refractivity contribution in [3.05, 3.63) is 36.5 Å². The molecule has 0 amide bonds. The van der Waals surface area contributed by atoms with E-state index in [-0.39, 0.29) is 0 Å². The van der Waals surface area contributed by atoms with Crippen molar-refractivity contribution in [1.82, 2.24) is 24.6 Å². The number of nitrogens with one attached hydrogen (secondary N) is 2. The maximum Gasteiger partial charge on any atom is 0.156 e. The van der Waals surface area contributed by atoms with Crippen LogP contribution in [-0.4, -0.2) is 24.6 Å². The van der Waals surface area contributed by atoms with Gasteiger partial charge >= 0.3 is 0 Å². The molecule has 0 radical (unpaired) electrons. The SMILES string of the molecule is Cc1cc(Nc2cncc3nccn23)n[nH]1. The Morgan fingerprint density at radius 3 is 3.12 bits per heavy atom. The highest BCUT2D eigenvalue weighted by Crippen LogP contribution is 2.14. The van der Waals surface area contributed by atoms with Crippen LogP contribution in [0.3, 0.4) is 0 Å². The molecule has 3 heterocycles. The van der Waals surface area contributed by atoms with Gasteiger partial charge in [0.1, 0.15) is 5.82 Å². The Bertz CT molecular complexity index is 623. The normalized spacial score (nSPS) is 10.8. The van der Waals surface area contributed by atoms with Gasteiger partial charge in [0.2, 0.25) is 0 Å². The van der Waals surface area contributed by atoms with E-state index < -0.39 is 0 Å². The molecule has 6 nitrogen and oxygen atoms in total. The van der Waals surface area contributed by atoms with Crippen LogP contribution >= 0.6 is 0 Å². The molecule has 3 aromatic heterocycles. The van der Waals surface area contributed by atoms with Crippen LogP contribution in [0, 0.1) is 6.92 Å². The number of hydrogen-bond acceptors (Lipinski definition) is 4. The molecule has 0 atom stereocenters. The Hall–Kier alpha value is -2.37. The molecule has 3 aromatic rings. The fourth-order valence-electron chi connectivity index (χ4n) is 1.56. The Labute approximate surface area is 91.4 Å². The minimum Gasteiger partial charge on any atom is -0.323 e. The second kappa shape index (κ2) is 3.34. The number of anilines is 2. The fourth-order valence-corrected chi connectivity index (χ4v) is 1.56. The molecule has 0 aromatic carbocycles. The lowest BCUT2D eigenvalue weighted by atomic mass is 10.4. The first-order valence-electron chi connectivity index (χ1n) is 4.89. The molecule has 16 heavy (non-hydrogen) atoms. The molecule has 3 rings (SSSR count). The summed E-state index contributed by atoms with van der Waals surface area (Å²) in [4.78, 5) is 8.26. The predicted octanol–water partition coefficient (Wildman–Crippen LogP) is 1.50. The first-order chi connectivity index (χ1) is 7.83. The Balaban J connectivity index is 2.03. The molecule has 0 aliphatic rings. The van der Waals surface area contributed by atoms with Crippen molar-refractivity contribution in [3.63, 3.8) is 0 Å². The van der Waals surface area contributed by atoms with Gasteiger partial charge in [-0.05, 0) is 6.92 Å². The van der Waals surface area contributed by atoms with Gasteiger partial charge in [0.25, 0.3) is 0 Å². The standard InChI is InChI=1S/C10H10N6/c1-7-4-8(15-14-7)13-10-6-11-5-9-12-2-3-16(9)10/h2-6H,1H3,(H2,13,14,15).